The summed E-state index contributed by atoms with van der Waals surface area (Å²) in [7, 11) is 0. The molecule has 0 radical (unpaired) electrons. The van der Waals surface area contributed by atoms with Gasteiger partial charge in [0.2, 0.25) is 10.7 Å². The van der Waals surface area contributed by atoms with Gasteiger partial charge in [-0.05, 0) is 44.6 Å². The molecule has 0 saturated heterocycles. The lowest BCUT2D eigenvalue weighted by atomic mass is 10.2. The highest BCUT2D eigenvalue weighted by atomic mass is 32.1. The Bertz CT molecular complexity index is 573. The highest BCUT2D eigenvalue weighted by Crippen LogP contribution is 2.20. The summed E-state index contributed by atoms with van der Waals surface area (Å²) in [6, 6.07) is 10.5. The van der Waals surface area contributed by atoms with E-state index in [1.54, 1.807) is 0 Å². The summed E-state index contributed by atoms with van der Waals surface area (Å²) in [5.41, 5.74) is 1.04. The first-order valence-electron chi connectivity index (χ1n) is 6.68. The number of nitrogens with zero attached hydrogens (tertiary/aromatic N) is 3. The molecule has 1 heterocycles. The molecule has 1 atom stereocenters. The summed E-state index contributed by atoms with van der Waals surface area (Å²) in [4.78, 5) is 2.26. The average Bonchev–Trinajstić information content (AvgIpc) is 2.82. The van der Waals surface area contributed by atoms with Gasteiger partial charge in [-0.1, -0.05) is 25.1 Å². The van der Waals surface area contributed by atoms with Crippen molar-refractivity contribution >= 4 is 18.2 Å². The number of aromatic amines is 1. The number of para-hydroxylation sites is 1. The smallest absolute Gasteiger partial charge is 0.230 e. The fourth-order valence-electron chi connectivity index (χ4n) is 2.16. The highest BCUT2D eigenvalue weighted by molar-refractivity contribution is 7.71. The van der Waals surface area contributed by atoms with E-state index in [0.29, 0.717) is 10.8 Å². The molecule has 19 heavy (non-hydrogen) atoms. The van der Waals surface area contributed by atoms with Gasteiger partial charge in [-0.25, -0.2) is 5.10 Å². The van der Waals surface area contributed by atoms with E-state index >= 15 is 0 Å². The van der Waals surface area contributed by atoms with Gasteiger partial charge in [0.05, 0.1) is 5.69 Å². The Hall–Kier alpha value is -1.62. The van der Waals surface area contributed by atoms with E-state index in [1.807, 2.05) is 34.9 Å². The third-order valence-electron chi connectivity index (χ3n) is 3.39. The number of hydrogen-bond donors (Lipinski definition) is 1. The topological polar surface area (TPSA) is 36.9 Å². The van der Waals surface area contributed by atoms with Crippen LogP contribution in [0.4, 0.5) is 5.95 Å². The Morgan fingerprint density at radius 1 is 1.32 bits per heavy atom. The SMILES string of the molecule is CCC(C)N(CC)c1n[nH]c(=S)n1-c1ccccc1. The molecule has 4 nitrogen and oxygen atoms in total. The Kier molecular flexibility index (Phi) is 4.37. The summed E-state index contributed by atoms with van der Waals surface area (Å²) >= 11 is 5.36. The van der Waals surface area contributed by atoms with Gasteiger partial charge in [0, 0.05) is 12.6 Å². The van der Waals surface area contributed by atoms with Crippen LogP contribution in [0.5, 0.6) is 0 Å². The molecule has 2 rings (SSSR count). The van der Waals surface area contributed by atoms with Gasteiger partial charge in [0.15, 0.2) is 0 Å². The summed E-state index contributed by atoms with van der Waals surface area (Å²) in [5, 5.41) is 7.31. The number of anilines is 1. The van der Waals surface area contributed by atoms with Crippen LogP contribution in [-0.4, -0.2) is 27.4 Å². The van der Waals surface area contributed by atoms with Crippen molar-refractivity contribution in [3.63, 3.8) is 0 Å². The average molecular weight is 276 g/mol. The van der Waals surface area contributed by atoms with E-state index in [1.165, 1.54) is 0 Å². The van der Waals surface area contributed by atoms with Crippen molar-refractivity contribution in [2.75, 3.05) is 11.4 Å². The second-order valence-corrected chi connectivity index (χ2v) is 4.93. The first-order valence-corrected chi connectivity index (χ1v) is 7.09. The zero-order valence-electron chi connectivity index (χ0n) is 11.6. The molecule has 0 aliphatic carbocycles. The molecular weight excluding hydrogens is 256 g/mol. The summed E-state index contributed by atoms with van der Waals surface area (Å²) in [6.45, 7) is 7.43. The maximum Gasteiger partial charge on any atom is 0.230 e. The maximum absolute atomic E-state index is 5.36. The molecule has 1 N–H and O–H groups in total. The van der Waals surface area contributed by atoms with Crippen LogP contribution in [0, 0.1) is 4.77 Å². The predicted octanol–water partition coefficient (Wildman–Crippen LogP) is 3.55. The van der Waals surface area contributed by atoms with Gasteiger partial charge in [-0.2, -0.15) is 0 Å². The number of aromatic nitrogens is 3. The van der Waals surface area contributed by atoms with E-state index in [2.05, 4.69) is 35.9 Å². The molecule has 1 aromatic heterocycles. The van der Waals surface area contributed by atoms with Crippen LogP contribution in [0.25, 0.3) is 5.69 Å². The first kappa shape index (κ1) is 13.8. The minimum atomic E-state index is 0.428. The molecule has 0 fully saturated rings. The Balaban J connectivity index is 2.51. The van der Waals surface area contributed by atoms with Crippen LogP contribution in [0.1, 0.15) is 27.2 Å². The van der Waals surface area contributed by atoms with E-state index in [0.717, 1.165) is 24.6 Å². The molecule has 1 unspecified atom stereocenters. The van der Waals surface area contributed by atoms with Crippen LogP contribution in [0.2, 0.25) is 0 Å². The number of hydrogen-bond acceptors (Lipinski definition) is 3. The van der Waals surface area contributed by atoms with Crippen LogP contribution in [0.15, 0.2) is 30.3 Å². The predicted molar refractivity (Wildman–Crippen MR) is 81.5 cm³/mol. The quantitative estimate of drug-likeness (QED) is 0.848. The standard InChI is InChI=1S/C14H20N4S/c1-4-11(3)17(5-2)13-15-16-14(19)18(13)12-9-7-6-8-10-12/h6-11H,4-5H2,1-3H3,(H,16,19). The Labute approximate surface area is 119 Å². The van der Waals surface area contributed by atoms with Crippen molar-refractivity contribution in [2.24, 2.45) is 0 Å². The molecule has 0 aliphatic heterocycles. The first-order chi connectivity index (χ1) is 9.19. The zero-order valence-corrected chi connectivity index (χ0v) is 12.4. The second kappa shape index (κ2) is 6.02. The van der Waals surface area contributed by atoms with Crippen LogP contribution in [-0.2, 0) is 0 Å². The van der Waals surface area contributed by atoms with Crippen LogP contribution >= 0.6 is 12.2 Å². The third-order valence-corrected chi connectivity index (χ3v) is 3.66. The van der Waals surface area contributed by atoms with Crippen LogP contribution in [0.3, 0.4) is 0 Å². The van der Waals surface area contributed by atoms with Crippen molar-refractivity contribution in [1.29, 1.82) is 0 Å². The maximum atomic E-state index is 5.36. The minimum Gasteiger partial charge on any atom is -0.338 e. The number of H-pyrrole nitrogens is 1. The van der Waals surface area contributed by atoms with E-state index in [9.17, 15) is 0 Å². The number of nitrogens with one attached hydrogen (secondary N) is 1. The number of benzene rings is 1. The third kappa shape index (κ3) is 2.71. The minimum absolute atomic E-state index is 0.428. The molecular formula is C14H20N4S. The van der Waals surface area contributed by atoms with Gasteiger partial charge in [0.1, 0.15) is 0 Å². The lowest BCUT2D eigenvalue weighted by Crippen LogP contribution is -2.34. The van der Waals surface area contributed by atoms with Crippen molar-refractivity contribution < 1.29 is 0 Å². The Morgan fingerprint density at radius 2 is 2.00 bits per heavy atom. The molecule has 0 aliphatic rings. The van der Waals surface area contributed by atoms with Crippen molar-refractivity contribution in [1.82, 2.24) is 14.8 Å². The summed E-state index contributed by atoms with van der Waals surface area (Å²) in [6.07, 6.45) is 1.07. The summed E-state index contributed by atoms with van der Waals surface area (Å²) in [5.74, 6) is 0.882. The van der Waals surface area contributed by atoms with Gasteiger partial charge < -0.3 is 4.90 Å². The molecule has 1 aromatic carbocycles. The monoisotopic (exact) mass is 276 g/mol. The van der Waals surface area contributed by atoms with Gasteiger partial charge >= 0.3 is 0 Å². The normalized spacial score (nSPS) is 12.4. The number of rotatable bonds is 5. The van der Waals surface area contributed by atoms with Gasteiger partial charge in [0.25, 0.3) is 0 Å². The van der Waals surface area contributed by atoms with Crippen molar-refractivity contribution in [2.45, 2.75) is 33.2 Å². The molecule has 0 saturated carbocycles. The fraction of sp³-hybridized carbons (Fsp3) is 0.429. The highest BCUT2D eigenvalue weighted by Gasteiger charge is 2.18. The molecule has 0 bridgehead atoms. The van der Waals surface area contributed by atoms with E-state index in [4.69, 9.17) is 12.2 Å². The zero-order chi connectivity index (χ0) is 13.8. The van der Waals surface area contributed by atoms with E-state index < -0.39 is 0 Å². The molecule has 5 heteroatoms. The summed E-state index contributed by atoms with van der Waals surface area (Å²) < 4.78 is 2.62. The molecule has 2 aromatic rings. The van der Waals surface area contributed by atoms with Crippen LogP contribution < -0.4 is 4.90 Å². The lowest BCUT2D eigenvalue weighted by Gasteiger charge is -2.28. The largest absolute Gasteiger partial charge is 0.338 e. The molecule has 102 valence electrons. The fourth-order valence-corrected chi connectivity index (χ4v) is 2.39. The molecule has 0 amide bonds. The van der Waals surface area contributed by atoms with Gasteiger partial charge in [-0.15, -0.1) is 5.10 Å². The molecule has 0 spiro atoms. The Morgan fingerprint density at radius 3 is 2.58 bits per heavy atom. The second-order valence-electron chi connectivity index (χ2n) is 4.54. The van der Waals surface area contributed by atoms with Crippen molar-refractivity contribution in [3.8, 4) is 5.69 Å². The van der Waals surface area contributed by atoms with Crippen molar-refractivity contribution in [3.05, 3.63) is 35.1 Å². The lowest BCUT2D eigenvalue weighted by molar-refractivity contribution is 0.610. The van der Waals surface area contributed by atoms with E-state index in [-0.39, 0.29) is 0 Å². The van der Waals surface area contributed by atoms with Gasteiger partial charge in [-0.3, -0.25) is 4.57 Å².